The fraction of sp³-hybridized carbons (Fsp3) is 0.364. The summed E-state index contributed by atoms with van der Waals surface area (Å²) in [7, 11) is 0. The van der Waals surface area contributed by atoms with Crippen LogP contribution in [0, 0.1) is 10.8 Å². The number of allylic oxidation sites excluding steroid dienone is 10. The SMILES string of the molecule is CC1=C(/C=C/C=C/C=C/C2=C(C)C(=O)C(=O)C2(C)C)C(C)(C)C(=O)C1=O. The highest BCUT2D eigenvalue weighted by Crippen LogP contribution is 2.39. The molecule has 2 aliphatic rings. The van der Waals surface area contributed by atoms with Crippen LogP contribution in [-0.4, -0.2) is 23.1 Å². The average molecular weight is 352 g/mol. The smallest absolute Gasteiger partial charge is 0.225 e. The molecule has 0 N–H and O–H groups in total. The van der Waals surface area contributed by atoms with E-state index in [9.17, 15) is 19.2 Å². The lowest BCUT2D eigenvalue weighted by Crippen LogP contribution is -2.24. The fourth-order valence-electron chi connectivity index (χ4n) is 3.43. The third kappa shape index (κ3) is 3.00. The summed E-state index contributed by atoms with van der Waals surface area (Å²) in [6, 6.07) is 0. The van der Waals surface area contributed by atoms with Gasteiger partial charge >= 0.3 is 0 Å². The zero-order valence-corrected chi connectivity index (χ0v) is 16.1. The summed E-state index contributed by atoms with van der Waals surface area (Å²) in [6.45, 7) is 10.3. The third-order valence-electron chi connectivity index (χ3n) is 5.24. The molecule has 0 fully saturated rings. The largest absolute Gasteiger partial charge is 0.289 e. The van der Waals surface area contributed by atoms with Crippen LogP contribution >= 0.6 is 0 Å². The Kier molecular flexibility index (Phi) is 5.00. The van der Waals surface area contributed by atoms with Crippen LogP contribution in [-0.2, 0) is 19.2 Å². The Hall–Kier alpha value is -2.62. The van der Waals surface area contributed by atoms with E-state index >= 15 is 0 Å². The Labute approximate surface area is 154 Å². The zero-order valence-electron chi connectivity index (χ0n) is 16.1. The molecule has 0 aromatic heterocycles. The molecule has 0 heterocycles. The van der Waals surface area contributed by atoms with Crippen LogP contribution in [0.15, 0.2) is 58.7 Å². The minimum absolute atomic E-state index is 0.376. The van der Waals surface area contributed by atoms with E-state index in [4.69, 9.17) is 0 Å². The molecular weight excluding hydrogens is 328 g/mol. The van der Waals surface area contributed by atoms with E-state index in [2.05, 4.69) is 0 Å². The van der Waals surface area contributed by atoms with Crippen molar-refractivity contribution in [3.63, 3.8) is 0 Å². The molecule has 0 saturated carbocycles. The molecule has 0 aliphatic heterocycles. The minimum atomic E-state index is -0.794. The first-order valence-electron chi connectivity index (χ1n) is 8.56. The van der Waals surface area contributed by atoms with Gasteiger partial charge < -0.3 is 0 Å². The van der Waals surface area contributed by atoms with Crippen LogP contribution in [0.4, 0.5) is 0 Å². The maximum atomic E-state index is 12.0. The Morgan fingerprint density at radius 3 is 1.12 bits per heavy atom. The van der Waals surface area contributed by atoms with Crippen LogP contribution in [0.5, 0.6) is 0 Å². The normalized spacial score (nSPS) is 23.2. The van der Waals surface area contributed by atoms with Crippen molar-refractivity contribution >= 4 is 23.1 Å². The maximum Gasteiger partial charge on any atom is 0.225 e. The molecule has 0 aromatic rings. The lowest BCUT2D eigenvalue weighted by Gasteiger charge is -2.17. The predicted octanol–water partition coefficient (Wildman–Crippen LogP) is 3.64. The molecule has 26 heavy (non-hydrogen) atoms. The maximum absolute atomic E-state index is 12.0. The molecule has 0 radical (unpaired) electrons. The van der Waals surface area contributed by atoms with E-state index in [1.807, 2.05) is 0 Å². The predicted molar refractivity (Wildman–Crippen MR) is 100 cm³/mol. The highest BCUT2D eigenvalue weighted by atomic mass is 16.2. The lowest BCUT2D eigenvalue weighted by molar-refractivity contribution is -0.137. The van der Waals surface area contributed by atoms with Gasteiger partial charge in [0, 0.05) is 11.1 Å². The summed E-state index contributed by atoms with van der Waals surface area (Å²) in [5.41, 5.74) is 0.854. The lowest BCUT2D eigenvalue weighted by atomic mass is 9.84. The Bertz CT molecular complexity index is 796. The number of rotatable bonds is 4. The minimum Gasteiger partial charge on any atom is -0.289 e. The molecule has 0 saturated heterocycles. The molecule has 0 atom stereocenters. The van der Waals surface area contributed by atoms with Gasteiger partial charge in [-0.3, -0.25) is 19.2 Å². The van der Waals surface area contributed by atoms with Gasteiger partial charge in [-0.05, 0) is 52.7 Å². The monoisotopic (exact) mass is 352 g/mol. The van der Waals surface area contributed by atoms with Gasteiger partial charge in [0.2, 0.25) is 23.1 Å². The first-order chi connectivity index (χ1) is 11.9. The molecule has 0 unspecified atom stereocenters. The number of carbonyl (C=O) groups is 4. The third-order valence-corrected chi connectivity index (χ3v) is 5.24. The number of carbonyl (C=O) groups excluding carboxylic acids is 4. The Balaban J connectivity index is 2.13. The van der Waals surface area contributed by atoms with Crippen LogP contribution < -0.4 is 0 Å². The highest BCUT2D eigenvalue weighted by molar-refractivity contribution is 6.49. The van der Waals surface area contributed by atoms with E-state index < -0.39 is 22.4 Å². The van der Waals surface area contributed by atoms with Gasteiger partial charge in [0.1, 0.15) is 0 Å². The first-order valence-corrected chi connectivity index (χ1v) is 8.56. The van der Waals surface area contributed by atoms with E-state index in [-0.39, 0.29) is 11.6 Å². The quantitative estimate of drug-likeness (QED) is 0.572. The molecule has 2 rings (SSSR count). The van der Waals surface area contributed by atoms with Gasteiger partial charge in [-0.1, -0.05) is 36.5 Å². The highest BCUT2D eigenvalue weighted by Gasteiger charge is 2.44. The molecule has 0 aromatic carbocycles. The van der Waals surface area contributed by atoms with Gasteiger partial charge in [0.15, 0.2) is 0 Å². The molecule has 0 amide bonds. The van der Waals surface area contributed by atoms with E-state index in [1.54, 1.807) is 78.0 Å². The van der Waals surface area contributed by atoms with Crippen LogP contribution in [0.3, 0.4) is 0 Å². The van der Waals surface area contributed by atoms with Crippen molar-refractivity contribution in [2.24, 2.45) is 10.8 Å². The molecule has 0 bridgehead atoms. The average Bonchev–Trinajstić information content (AvgIpc) is 2.81. The van der Waals surface area contributed by atoms with Gasteiger partial charge in [-0.25, -0.2) is 0 Å². The molecule has 4 heteroatoms. The summed E-state index contributed by atoms with van der Waals surface area (Å²) in [6.07, 6.45) is 10.7. The van der Waals surface area contributed by atoms with Crippen LogP contribution in [0.25, 0.3) is 0 Å². The van der Waals surface area contributed by atoms with Crippen molar-refractivity contribution in [3.8, 4) is 0 Å². The second-order valence-electron chi connectivity index (χ2n) is 7.75. The van der Waals surface area contributed by atoms with Crippen molar-refractivity contribution in [1.82, 2.24) is 0 Å². The van der Waals surface area contributed by atoms with Crippen LogP contribution in [0.1, 0.15) is 41.5 Å². The van der Waals surface area contributed by atoms with Gasteiger partial charge in [0.05, 0.1) is 10.8 Å². The molecule has 136 valence electrons. The Morgan fingerprint density at radius 1 is 0.577 bits per heavy atom. The summed E-state index contributed by atoms with van der Waals surface area (Å²) in [5.74, 6) is -1.59. The van der Waals surface area contributed by atoms with E-state index in [1.165, 1.54) is 0 Å². The number of Topliss-reactive ketones (excluding diaryl/α,β-unsaturated/α-hetero) is 4. The molecule has 2 aliphatic carbocycles. The van der Waals surface area contributed by atoms with Gasteiger partial charge in [-0.2, -0.15) is 0 Å². The van der Waals surface area contributed by atoms with E-state index in [0.29, 0.717) is 11.1 Å². The fourth-order valence-corrected chi connectivity index (χ4v) is 3.43. The number of ketones is 4. The van der Waals surface area contributed by atoms with Gasteiger partial charge in [0.25, 0.3) is 0 Å². The number of hydrogen-bond donors (Lipinski definition) is 0. The zero-order chi connectivity index (χ0) is 19.9. The first kappa shape index (κ1) is 19.7. The summed E-state index contributed by atoms with van der Waals surface area (Å²) >= 11 is 0. The topological polar surface area (TPSA) is 68.3 Å². The van der Waals surface area contributed by atoms with Crippen molar-refractivity contribution in [2.75, 3.05) is 0 Å². The van der Waals surface area contributed by atoms with Crippen molar-refractivity contribution in [2.45, 2.75) is 41.5 Å². The van der Waals surface area contributed by atoms with Crippen molar-refractivity contribution in [1.29, 1.82) is 0 Å². The second-order valence-corrected chi connectivity index (χ2v) is 7.75. The van der Waals surface area contributed by atoms with Gasteiger partial charge in [-0.15, -0.1) is 0 Å². The van der Waals surface area contributed by atoms with Crippen molar-refractivity contribution < 1.29 is 19.2 Å². The summed E-state index contributed by atoms with van der Waals surface area (Å²) in [4.78, 5) is 47.6. The molecular formula is C22H24O4. The van der Waals surface area contributed by atoms with Crippen molar-refractivity contribution in [3.05, 3.63) is 58.7 Å². The van der Waals surface area contributed by atoms with E-state index in [0.717, 1.165) is 11.1 Å². The number of hydrogen-bond acceptors (Lipinski definition) is 4. The summed E-state index contributed by atoms with van der Waals surface area (Å²) in [5, 5.41) is 0. The van der Waals surface area contributed by atoms with Crippen LogP contribution in [0.2, 0.25) is 0 Å². The summed E-state index contributed by atoms with van der Waals surface area (Å²) < 4.78 is 0. The standard InChI is InChI=1S/C22H24O4/c1-13-15(21(3,4)19(25)17(13)23)11-9-7-8-10-12-16-14(2)18(24)20(26)22(16,5)6/h7-12H,1-6H3/b8-7+,11-9+,12-10+. The second kappa shape index (κ2) is 6.60. The molecule has 4 nitrogen and oxygen atoms in total. The molecule has 0 spiro atoms. The Morgan fingerprint density at radius 2 is 0.885 bits per heavy atom.